The predicted molar refractivity (Wildman–Crippen MR) is 69.7 cm³/mol. The molecule has 0 saturated heterocycles. The van der Waals surface area contributed by atoms with E-state index in [1.165, 1.54) is 17.8 Å². The lowest BCUT2D eigenvalue weighted by Crippen LogP contribution is -2.01. The number of carboxylic acids is 1. The maximum absolute atomic E-state index is 10.8. The number of nitrogens with zero attached hydrogens (tertiary/aromatic N) is 3. The van der Waals surface area contributed by atoms with Crippen molar-refractivity contribution < 1.29 is 9.90 Å². The molecule has 0 atom stereocenters. The second-order valence-corrected chi connectivity index (χ2v) is 4.60. The predicted octanol–water partition coefficient (Wildman–Crippen LogP) is 2.34. The molecule has 0 saturated carbocycles. The summed E-state index contributed by atoms with van der Waals surface area (Å²) < 4.78 is 0. The van der Waals surface area contributed by atoms with Crippen LogP contribution in [0.5, 0.6) is 0 Å². The molecule has 2 aromatic rings. The van der Waals surface area contributed by atoms with E-state index in [1.807, 2.05) is 6.07 Å². The van der Waals surface area contributed by atoms with Crippen molar-refractivity contribution in [3.05, 3.63) is 53.5 Å². The zero-order valence-electron chi connectivity index (χ0n) is 9.78. The minimum atomic E-state index is -1.04. The first kappa shape index (κ1) is 13.1. The van der Waals surface area contributed by atoms with Crippen molar-refractivity contribution in [2.24, 2.45) is 0 Å². The fourth-order valence-electron chi connectivity index (χ4n) is 1.38. The van der Waals surface area contributed by atoms with Gasteiger partial charge in [0.15, 0.2) is 0 Å². The van der Waals surface area contributed by atoms with Gasteiger partial charge in [0, 0.05) is 11.9 Å². The highest BCUT2D eigenvalue weighted by atomic mass is 32.2. The van der Waals surface area contributed by atoms with E-state index >= 15 is 0 Å². The van der Waals surface area contributed by atoms with Crippen LogP contribution in [0, 0.1) is 11.3 Å². The third kappa shape index (κ3) is 3.53. The summed E-state index contributed by atoms with van der Waals surface area (Å²) in [4.78, 5) is 18.9. The van der Waals surface area contributed by atoms with E-state index in [4.69, 9.17) is 10.4 Å². The fraction of sp³-hybridized carbons (Fsp3) is 0.0769. The van der Waals surface area contributed by atoms with Crippen LogP contribution in [0.2, 0.25) is 0 Å². The van der Waals surface area contributed by atoms with Gasteiger partial charge in [0.25, 0.3) is 0 Å². The molecule has 5 nitrogen and oxygen atoms in total. The molecule has 2 rings (SSSR count). The SMILES string of the molecule is N#Cc1ccnc(SCc2cccc(C(=O)O)n2)c1. The van der Waals surface area contributed by atoms with Crippen molar-refractivity contribution in [1.29, 1.82) is 5.26 Å². The lowest BCUT2D eigenvalue weighted by molar-refractivity contribution is 0.0690. The smallest absolute Gasteiger partial charge is 0.354 e. The molecule has 2 heterocycles. The summed E-state index contributed by atoms with van der Waals surface area (Å²) in [6, 6.07) is 10.2. The van der Waals surface area contributed by atoms with Crippen LogP contribution in [-0.2, 0) is 5.75 Å². The number of rotatable bonds is 4. The molecule has 0 bridgehead atoms. The molecule has 6 heteroatoms. The molecule has 2 aromatic heterocycles. The Hall–Kier alpha value is -2.39. The van der Waals surface area contributed by atoms with Gasteiger partial charge in [-0.2, -0.15) is 5.26 Å². The van der Waals surface area contributed by atoms with Gasteiger partial charge in [-0.25, -0.2) is 14.8 Å². The van der Waals surface area contributed by atoms with Crippen molar-refractivity contribution in [3.63, 3.8) is 0 Å². The van der Waals surface area contributed by atoms with Crippen LogP contribution in [-0.4, -0.2) is 21.0 Å². The van der Waals surface area contributed by atoms with Gasteiger partial charge in [-0.05, 0) is 24.3 Å². The minimum absolute atomic E-state index is 0.0248. The Morgan fingerprint density at radius 2 is 2.26 bits per heavy atom. The quantitative estimate of drug-likeness (QED) is 0.859. The summed E-state index contributed by atoms with van der Waals surface area (Å²) >= 11 is 1.41. The normalized spacial score (nSPS) is 9.84. The number of carbonyl (C=O) groups is 1. The standard InChI is InChI=1S/C13H9N3O2S/c14-7-9-4-5-15-12(6-9)19-8-10-2-1-3-11(16-10)13(17)18/h1-6H,8H2,(H,17,18). The molecule has 0 amide bonds. The van der Waals surface area contributed by atoms with Gasteiger partial charge in [0.1, 0.15) is 5.69 Å². The third-order valence-corrected chi connectivity index (χ3v) is 3.22. The molecule has 94 valence electrons. The first-order valence-corrected chi connectivity index (χ1v) is 6.36. The first-order chi connectivity index (χ1) is 9.19. The van der Waals surface area contributed by atoms with Crippen molar-refractivity contribution in [2.45, 2.75) is 10.8 Å². The largest absolute Gasteiger partial charge is 0.477 e. The summed E-state index contributed by atoms with van der Waals surface area (Å²) in [6.45, 7) is 0. The zero-order valence-corrected chi connectivity index (χ0v) is 10.6. The number of nitriles is 1. The Bertz CT molecular complexity index is 652. The van der Waals surface area contributed by atoms with Crippen LogP contribution >= 0.6 is 11.8 Å². The van der Waals surface area contributed by atoms with Crippen molar-refractivity contribution in [3.8, 4) is 6.07 Å². The number of pyridine rings is 2. The highest BCUT2D eigenvalue weighted by molar-refractivity contribution is 7.98. The van der Waals surface area contributed by atoms with E-state index in [1.54, 1.807) is 30.5 Å². The monoisotopic (exact) mass is 271 g/mol. The topological polar surface area (TPSA) is 86.9 Å². The Kier molecular flexibility index (Phi) is 4.11. The Balaban J connectivity index is 2.08. The fourth-order valence-corrected chi connectivity index (χ4v) is 2.19. The first-order valence-electron chi connectivity index (χ1n) is 5.37. The number of hydrogen-bond acceptors (Lipinski definition) is 5. The summed E-state index contributed by atoms with van der Waals surface area (Å²) in [7, 11) is 0. The molecule has 0 unspecified atom stereocenters. The lowest BCUT2D eigenvalue weighted by Gasteiger charge is -2.02. The molecule has 0 aliphatic rings. The highest BCUT2D eigenvalue weighted by Gasteiger charge is 2.06. The zero-order chi connectivity index (χ0) is 13.7. The van der Waals surface area contributed by atoms with Crippen LogP contribution in [0.15, 0.2) is 41.6 Å². The van der Waals surface area contributed by atoms with E-state index in [0.29, 0.717) is 22.0 Å². The number of aromatic carboxylic acids is 1. The van der Waals surface area contributed by atoms with Gasteiger partial charge < -0.3 is 5.11 Å². The Morgan fingerprint density at radius 1 is 1.42 bits per heavy atom. The number of hydrogen-bond donors (Lipinski definition) is 1. The van der Waals surface area contributed by atoms with Crippen LogP contribution in [0.25, 0.3) is 0 Å². The number of carboxylic acid groups (broad SMARTS) is 1. The molecule has 0 aliphatic heterocycles. The summed E-state index contributed by atoms with van der Waals surface area (Å²) in [6.07, 6.45) is 1.57. The van der Waals surface area contributed by atoms with E-state index in [2.05, 4.69) is 9.97 Å². The second-order valence-electron chi connectivity index (χ2n) is 3.60. The van der Waals surface area contributed by atoms with Crippen LogP contribution in [0.1, 0.15) is 21.7 Å². The second kappa shape index (κ2) is 5.98. The average Bonchev–Trinajstić information content (AvgIpc) is 2.45. The number of thioether (sulfide) groups is 1. The van der Waals surface area contributed by atoms with E-state index in [-0.39, 0.29) is 5.69 Å². The molecule has 0 radical (unpaired) electrons. The molecule has 19 heavy (non-hydrogen) atoms. The average molecular weight is 271 g/mol. The van der Waals surface area contributed by atoms with E-state index in [0.717, 1.165) is 0 Å². The summed E-state index contributed by atoms with van der Waals surface area (Å²) in [5.74, 6) is -0.542. The summed E-state index contributed by atoms with van der Waals surface area (Å²) in [5, 5.41) is 18.3. The highest BCUT2D eigenvalue weighted by Crippen LogP contribution is 2.20. The Morgan fingerprint density at radius 3 is 3.00 bits per heavy atom. The van der Waals surface area contributed by atoms with E-state index in [9.17, 15) is 4.79 Å². The lowest BCUT2D eigenvalue weighted by atomic mass is 10.3. The number of aromatic nitrogens is 2. The van der Waals surface area contributed by atoms with Crippen LogP contribution in [0.4, 0.5) is 0 Å². The van der Waals surface area contributed by atoms with Gasteiger partial charge in [0.05, 0.1) is 22.4 Å². The van der Waals surface area contributed by atoms with Gasteiger partial charge in [-0.15, -0.1) is 0 Å². The van der Waals surface area contributed by atoms with Crippen molar-refractivity contribution in [2.75, 3.05) is 0 Å². The molecule has 0 aromatic carbocycles. The molecule has 0 aliphatic carbocycles. The maximum atomic E-state index is 10.8. The minimum Gasteiger partial charge on any atom is -0.477 e. The van der Waals surface area contributed by atoms with Gasteiger partial charge in [0.2, 0.25) is 0 Å². The maximum Gasteiger partial charge on any atom is 0.354 e. The van der Waals surface area contributed by atoms with Gasteiger partial charge in [-0.3, -0.25) is 0 Å². The molecule has 0 fully saturated rings. The van der Waals surface area contributed by atoms with Gasteiger partial charge >= 0.3 is 5.97 Å². The van der Waals surface area contributed by atoms with Gasteiger partial charge in [-0.1, -0.05) is 17.8 Å². The van der Waals surface area contributed by atoms with Crippen LogP contribution in [0.3, 0.4) is 0 Å². The third-order valence-electron chi connectivity index (χ3n) is 2.26. The Labute approximate surface area is 113 Å². The molecular formula is C13H9N3O2S. The van der Waals surface area contributed by atoms with Crippen LogP contribution < -0.4 is 0 Å². The molecule has 0 spiro atoms. The van der Waals surface area contributed by atoms with Crippen molar-refractivity contribution in [1.82, 2.24) is 9.97 Å². The molecule has 1 N–H and O–H groups in total. The van der Waals surface area contributed by atoms with Crippen molar-refractivity contribution >= 4 is 17.7 Å². The molecular weight excluding hydrogens is 262 g/mol. The summed E-state index contributed by atoms with van der Waals surface area (Å²) in [5.41, 5.74) is 1.23. The van der Waals surface area contributed by atoms with E-state index < -0.39 is 5.97 Å².